The molecule has 4 heteroatoms. The van der Waals surface area contributed by atoms with Crippen molar-refractivity contribution >= 4 is 17.3 Å². The minimum atomic E-state index is 0.757. The van der Waals surface area contributed by atoms with E-state index in [4.69, 9.17) is 0 Å². The van der Waals surface area contributed by atoms with Crippen molar-refractivity contribution in [2.24, 2.45) is 0 Å². The number of aryl methyl sites for hydroxylation is 2. The molecule has 0 bridgehead atoms. The lowest BCUT2D eigenvalue weighted by Gasteiger charge is -2.10. The first-order valence-corrected chi connectivity index (χ1v) is 6.59. The number of nitrogens with zero attached hydrogens (tertiary/aromatic N) is 2. The average Bonchev–Trinajstić information content (AvgIpc) is 2.40. The zero-order valence-electron chi connectivity index (χ0n) is 11.7. The monoisotopic (exact) mass is 256 g/mol. The van der Waals surface area contributed by atoms with Crippen molar-refractivity contribution in [3.05, 3.63) is 41.7 Å². The lowest BCUT2D eigenvalue weighted by atomic mass is 10.1. The topological polar surface area (TPSA) is 49.8 Å². The van der Waals surface area contributed by atoms with E-state index < -0.39 is 0 Å². The van der Waals surface area contributed by atoms with E-state index >= 15 is 0 Å². The van der Waals surface area contributed by atoms with Gasteiger partial charge in [-0.05, 0) is 31.9 Å². The molecule has 0 saturated heterocycles. The molecule has 0 unspecified atom stereocenters. The minimum absolute atomic E-state index is 0.757. The molecular weight excluding hydrogens is 236 g/mol. The van der Waals surface area contributed by atoms with E-state index in [2.05, 4.69) is 59.6 Å². The van der Waals surface area contributed by atoms with Crippen molar-refractivity contribution in [2.75, 3.05) is 17.2 Å². The highest BCUT2D eigenvalue weighted by atomic mass is 15.1. The van der Waals surface area contributed by atoms with Crippen LogP contribution in [0, 0.1) is 13.8 Å². The normalized spacial score (nSPS) is 10.3. The Morgan fingerprint density at radius 1 is 1.11 bits per heavy atom. The molecule has 0 amide bonds. The summed E-state index contributed by atoms with van der Waals surface area (Å²) < 4.78 is 0. The van der Waals surface area contributed by atoms with E-state index in [1.54, 1.807) is 12.4 Å². The summed E-state index contributed by atoms with van der Waals surface area (Å²) in [6.07, 6.45) is 4.54. The molecule has 2 aromatic rings. The van der Waals surface area contributed by atoms with E-state index in [-0.39, 0.29) is 0 Å². The summed E-state index contributed by atoms with van der Waals surface area (Å²) in [6, 6.07) is 6.30. The van der Waals surface area contributed by atoms with Gasteiger partial charge < -0.3 is 10.6 Å². The predicted molar refractivity (Wildman–Crippen MR) is 80.0 cm³/mol. The molecular formula is C15H20N4. The van der Waals surface area contributed by atoms with Gasteiger partial charge in [0.1, 0.15) is 5.82 Å². The van der Waals surface area contributed by atoms with Crippen molar-refractivity contribution in [1.82, 2.24) is 9.97 Å². The molecule has 19 heavy (non-hydrogen) atoms. The van der Waals surface area contributed by atoms with Crippen LogP contribution in [0.1, 0.15) is 24.5 Å². The van der Waals surface area contributed by atoms with Crippen LogP contribution in [-0.2, 0) is 0 Å². The molecule has 1 heterocycles. The molecule has 1 aromatic carbocycles. The van der Waals surface area contributed by atoms with Gasteiger partial charge in [0, 0.05) is 12.2 Å². The standard InChI is InChI=1S/C15H20N4/c1-4-7-17-14-9-16-10-15(19-14)18-13-6-5-11(2)8-12(13)3/h5-6,8-10H,4,7H2,1-3H3,(H2,17,18,19). The summed E-state index contributed by atoms with van der Waals surface area (Å²) >= 11 is 0. The molecule has 0 saturated carbocycles. The Balaban J connectivity index is 2.14. The largest absolute Gasteiger partial charge is 0.369 e. The molecule has 0 aliphatic carbocycles. The highest BCUT2D eigenvalue weighted by Crippen LogP contribution is 2.20. The fourth-order valence-corrected chi connectivity index (χ4v) is 1.86. The first-order chi connectivity index (χ1) is 9.19. The van der Waals surface area contributed by atoms with E-state index in [0.29, 0.717) is 0 Å². The summed E-state index contributed by atoms with van der Waals surface area (Å²) in [4.78, 5) is 8.68. The number of benzene rings is 1. The lowest BCUT2D eigenvalue weighted by Crippen LogP contribution is -2.04. The summed E-state index contributed by atoms with van der Waals surface area (Å²) in [5.41, 5.74) is 3.52. The van der Waals surface area contributed by atoms with Crippen molar-refractivity contribution in [2.45, 2.75) is 27.2 Å². The zero-order valence-corrected chi connectivity index (χ0v) is 11.7. The van der Waals surface area contributed by atoms with Gasteiger partial charge in [0.2, 0.25) is 0 Å². The van der Waals surface area contributed by atoms with E-state index in [9.17, 15) is 0 Å². The molecule has 0 atom stereocenters. The van der Waals surface area contributed by atoms with Crippen LogP contribution >= 0.6 is 0 Å². The second-order valence-electron chi connectivity index (χ2n) is 4.66. The summed E-state index contributed by atoms with van der Waals surface area (Å²) in [5.74, 6) is 1.56. The minimum Gasteiger partial charge on any atom is -0.369 e. The molecule has 100 valence electrons. The Kier molecular flexibility index (Phi) is 4.34. The maximum absolute atomic E-state index is 4.48. The molecule has 0 fully saturated rings. The lowest BCUT2D eigenvalue weighted by molar-refractivity contribution is 0.965. The highest BCUT2D eigenvalue weighted by Gasteiger charge is 2.02. The quantitative estimate of drug-likeness (QED) is 0.857. The van der Waals surface area contributed by atoms with Gasteiger partial charge in [-0.3, -0.25) is 4.98 Å². The van der Waals surface area contributed by atoms with Crippen molar-refractivity contribution in [1.29, 1.82) is 0 Å². The van der Waals surface area contributed by atoms with E-state index in [0.717, 1.165) is 30.3 Å². The van der Waals surface area contributed by atoms with Crippen LogP contribution in [-0.4, -0.2) is 16.5 Å². The van der Waals surface area contributed by atoms with Crippen molar-refractivity contribution < 1.29 is 0 Å². The fraction of sp³-hybridized carbons (Fsp3) is 0.333. The second kappa shape index (κ2) is 6.18. The van der Waals surface area contributed by atoms with Crippen LogP contribution in [0.2, 0.25) is 0 Å². The molecule has 0 spiro atoms. The Labute approximate surface area is 114 Å². The van der Waals surface area contributed by atoms with Crippen LogP contribution < -0.4 is 10.6 Å². The third kappa shape index (κ3) is 3.68. The van der Waals surface area contributed by atoms with Crippen LogP contribution in [0.3, 0.4) is 0 Å². The van der Waals surface area contributed by atoms with Crippen LogP contribution in [0.25, 0.3) is 0 Å². The first-order valence-electron chi connectivity index (χ1n) is 6.59. The maximum atomic E-state index is 4.48. The maximum Gasteiger partial charge on any atom is 0.151 e. The Morgan fingerprint density at radius 2 is 1.89 bits per heavy atom. The Hall–Kier alpha value is -2.10. The van der Waals surface area contributed by atoms with Crippen molar-refractivity contribution in [3.8, 4) is 0 Å². The highest BCUT2D eigenvalue weighted by molar-refractivity contribution is 5.61. The molecule has 2 N–H and O–H groups in total. The number of rotatable bonds is 5. The first kappa shape index (κ1) is 13.3. The fourth-order valence-electron chi connectivity index (χ4n) is 1.86. The SMILES string of the molecule is CCCNc1cncc(Nc2ccc(C)cc2C)n1. The third-order valence-corrected chi connectivity index (χ3v) is 2.84. The number of hydrogen-bond acceptors (Lipinski definition) is 4. The predicted octanol–water partition coefficient (Wildman–Crippen LogP) is 3.66. The number of aromatic nitrogens is 2. The molecule has 4 nitrogen and oxygen atoms in total. The second-order valence-corrected chi connectivity index (χ2v) is 4.66. The number of anilines is 3. The molecule has 1 aromatic heterocycles. The van der Waals surface area contributed by atoms with Gasteiger partial charge in [0.05, 0.1) is 12.4 Å². The number of nitrogens with one attached hydrogen (secondary N) is 2. The zero-order chi connectivity index (χ0) is 13.7. The van der Waals surface area contributed by atoms with Crippen molar-refractivity contribution in [3.63, 3.8) is 0 Å². The van der Waals surface area contributed by atoms with Crippen LogP contribution in [0.4, 0.5) is 17.3 Å². The summed E-state index contributed by atoms with van der Waals surface area (Å²) in [6.45, 7) is 7.20. The smallest absolute Gasteiger partial charge is 0.151 e. The number of hydrogen-bond donors (Lipinski definition) is 2. The van der Waals surface area contributed by atoms with Crippen LogP contribution in [0.5, 0.6) is 0 Å². The Bertz CT molecular complexity index is 552. The average molecular weight is 256 g/mol. The molecule has 2 rings (SSSR count). The van der Waals surface area contributed by atoms with Gasteiger partial charge in [0.25, 0.3) is 0 Å². The van der Waals surface area contributed by atoms with Gasteiger partial charge in [-0.25, -0.2) is 4.98 Å². The van der Waals surface area contributed by atoms with Gasteiger partial charge in [-0.2, -0.15) is 0 Å². The van der Waals surface area contributed by atoms with Gasteiger partial charge in [0.15, 0.2) is 5.82 Å². The summed E-state index contributed by atoms with van der Waals surface area (Å²) in [7, 11) is 0. The van der Waals surface area contributed by atoms with Gasteiger partial charge in [-0.1, -0.05) is 24.6 Å². The third-order valence-electron chi connectivity index (χ3n) is 2.84. The van der Waals surface area contributed by atoms with Gasteiger partial charge in [-0.15, -0.1) is 0 Å². The van der Waals surface area contributed by atoms with Gasteiger partial charge >= 0.3 is 0 Å². The Morgan fingerprint density at radius 3 is 2.63 bits per heavy atom. The van der Waals surface area contributed by atoms with E-state index in [1.807, 2.05) is 0 Å². The van der Waals surface area contributed by atoms with Crippen LogP contribution in [0.15, 0.2) is 30.6 Å². The molecule has 0 aliphatic rings. The summed E-state index contributed by atoms with van der Waals surface area (Å²) in [5, 5.41) is 6.53. The molecule has 0 radical (unpaired) electrons. The van der Waals surface area contributed by atoms with E-state index in [1.165, 1.54) is 11.1 Å². The molecule has 0 aliphatic heterocycles.